The molecular formula is C15H8O6. The predicted octanol–water partition coefficient (Wildman–Crippen LogP) is 2.81. The number of phenolic OH excluding ortho intramolecular Hbond substituents is 3. The Balaban J connectivity index is 2.33. The molecular weight excluding hydrogens is 276 g/mol. The van der Waals surface area contributed by atoms with Gasteiger partial charge in [0.15, 0.2) is 16.9 Å². The summed E-state index contributed by atoms with van der Waals surface area (Å²) in [4.78, 5) is 12.1. The maximum Gasteiger partial charge on any atom is 0.348 e. The first-order valence-electron chi connectivity index (χ1n) is 6.09. The van der Waals surface area contributed by atoms with Gasteiger partial charge in [-0.1, -0.05) is 0 Å². The van der Waals surface area contributed by atoms with Gasteiger partial charge in [-0.3, -0.25) is 0 Å². The first-order valence-corrected chi connectivity index (χ1v) is 6.09. The lowest BCUT2D eigenvalue weighted by Crippen LogP contribution is -1.98. The molecule has 0 amide bonds. The lowest BCUT2D eigenvalue weighted by atomic mass is 10.1. The molecule has 2 aromatic heterocycles. The highest BCUT2D eigenvalue weighted by atomic mass is 16.4. The van der Waals surface area contributed by atoms with Crippen molar-refractivity contribution in [2.45, 2.75) is 0 Å². The molecule has 4 aromatic rings. The van der Waals surface area contributed by atoms with Crippen molar-refractivity contribution in [3.05, 3.63) is 40.8 Å². The largest absolute Gasteiger partial charge is 0.508 e. The lowest BCUT2D eigenvalue weighted by molar-refractivity contribution is 0.398. The Kier molecular flexibility index (Phi) is 2.05. The zero-order chi connectivity index (χ0) is 14.7. The van der Waals surface area contributed by atoms with Crippen LogP contribution >= 0.6 is 0 Å². The smallest absolute Gasteiger partial charge is 0.348 e. The minimum absolute atomic E-state index is 0.00995. The Morgan fingerprint density at radius 3 is 2.43 bits per heavy atom. The monoisotopic (exact) mass is 284 g/mol. The molecule has 0 radical (unpaired) electrons. The third-order valence-corrected chi connectivity index (χ3v) is 3.43. The van der Waals surface area contributed by atoms with Gasteiger partial charge in [0.2, 0.25) is 5.75 Å². The fraction of sp³-hybridized carbons (Fsp3) is 0. The van der Waals surface area contributed by atoms with Crippen molar-refractivity contribution in [1.29, 1.82) is 0 Å². The molecule has 6 heteroatoms. The van der Waals surface area contributed by atoms with E-state index in [2.05, 4.69) is 0 Å². The molecule has 6 nitrogen and oxygen atoms in total. The molecule has 3 N–H and O–H groups in total. The second-order valence-electron chi connectivity index (χ2n) is 4.69. The van der Waals surface area contributed by atoms with Crippen LogP contribution in [-0.4, -0.2) is 15.3 Å². The summed E-state index contributed by atoms with van der Waals surface area (Å²) in [5, 5.41) is 29.8. The summed E-state index contributed by atoms with van der Waals surface area (Å²) in [7, 11) is 0. The summed E-state index contributed by atoms with van der Waals surface area (Å²) in [6.07, 6.45) is 0. The van der Waals surface area contributed by atoms with Gasteiger partial charge in [0.05, 0.1) is 5.39 Å². The molecule has 0 aliphatic carbocycles. The van der Waals surface area contributed by atoms with E-state index >= 15 is 0 Å². The zero-order valence-corrected chi connectivity index (χ0v) is 10.5. The van der Waals surface area contributed by atoms with Gasteiger partial charge in [0.25, 0.3) is 0 Å². The second-order valence-corrected chi connectivity index (χ2v) is 4.69. The third kappa shape index (κ3) is 1.44. The summed E-state index contributed by atoms with van der Waals surface area (Å²) < 4.78 is 10.7. The number of benzene rings is 2. The van der Waals surface area contributed by atoms with Crippen molar-refractivity contribution in [3.63, 3.8) is 0 Å². The van der Waals surface area contributed by atoms with Crippen LogP contribution in [0, 0.1) is 0 Å². The molecule has 0 saturated carbocycles. The minimum Gasteiger partial charge on any atom is -0.508 e. The Hall–Kier alpha value is -3.15. The minimum atomic E-state index is -0.692. The van der Waals surface area contributed by atoms with Crippen LogP contribution in [0.2, 0.25) is 0 Å². The second kappa shape index (κ2) is 3.69. The van der Waals surface area contributed by atoms with Gasteiger partial charge in [-0.25, -0.2) is 4.79 Å². The molecule has 104 valence electrons. The highest BCUT2D eigenvalue weighted by molar-refractivity contribution is 6.13. The normalized spacial score (nSPS) is 11.6. The van der Waals surface area contributed by atoms with Crippen molar-refractivity contribution in [1.82, 2.24) is 0 Å². The molecule has 0 atom stereocenters. The Bertz CT molecular complexity index is 1090. The number of phenols is 3. The Morgan fingerprint density at radius 2 is 1.62 bits per heavy atom. The maximum absolute atomic E-state index is 12.1. The number of hydrogen-bond donors (Lipinski definition) is 3. The first kappa shape index (κ1) is 11.7. The average molecular weight is 284 g/mol. The van der Waals surface area contributed by atoms with Crippen LogP contribution in [0.1, 0.15) is 0 Å². The van der Waals surface area contributed by atoms with E-state index in [1.807, 2.05) is 0 Å². The number of rotatable bonds is 0. The molecule has 0 aliphatic rings. The van der Waals surface area contributed by atoms with Gasteiger partial charge in [-0.05, 0) is 24.3 Å². The van der Waals surface area contributed by atoms with Gasteiger partial charge in [-0.15, -0.1) is 0 Å². The van der Waals surface area contributed by atoms with E-state index in [0.717, 1.165) is 0 Å². The fourth-order valence-corrected chi connectivity index (χ4v) is 2.46. The number of hydrogen-bond acceptors (Lipinski definition) is 6. The van der Waals surface area contributed by atoms with E-state index in [0.29, 0.717) is 16.4 Å². The summed E-state index contributed by atoms with van der Waals surface area (Å²) in [6.45, 7) is 0. The highest BCUT2D eigenvalue weighted by Crippen LogP contribution is 2.38. The van der Waals surface area contributed by atoms with Crippen molar-refractivity contribution in [3.8, 4) is 17.2 Å². The third-order valence-electron chi connectivity index (χ3n) is 3.43. The van der Waals surface area contributed by atoms with Gasteiger partial charge in [0.1, 0.15) is 16.7 Å². The highest BCUT2D eigenvalue weighted by Gasteiger charge is 2.19. The Morgan fingerprint density at radius 1 is 0.857 bits per heavy atom. The maximum atomic E-state index is 12.1. The van der Waals surface area contributed by atoms with Crippen LogP contribution in [-0.2, 0) is 0 Å². The van der Waals surface area contributed by atoms with Crippen LogP contribution in [0.4, 0.5) is 0 Å². The van der Waals surface area contributed by atoms with Crippen LogP contribution < -0.4 is 5.63 Å². The lowest BCUT2D eigenvalue weighted by Gasteiger charge is -2.01. The molecule has 2 heterocycles. The predicted molar refractivity (Wildman–Crippen MR) is 74.8 cm³/mol. The quantitative estimate of drug-likeness (QED) is 0.339. The first-order chi connectivity index (χ1) is 10.1. The van der Waals surface area contributed by atoms with Crippen LogP contribution in [0.25, 0.3) is 32.9 Å². The van der Waals surface area contributed by atoms with Crippen molar-refractivity contribution < 1.29 is 24.2 Å². The molecule has 2 aromatic carbocycles. The number of fused-ring (bicyclic) bond motifs is 5. The SMILES string of the molecule is O=c1oc2c(O)c(O)ccc2c2oc3cc(O)ccc3c12. The molecule has 21 heavy (non-hydrogen) atoms. The Labute approximate surface area is 116 Å². The summed E-state index contributed by atoms with van der Waals surface area (Å²) in [5.74, 6) is -0.899. The molecule has 4 rings (SSSR count). The molecule has 0 spiro atoms. The molecule has 0 bridgehead atoms. The van der Waals surface area contributed by atoms with Crippen LogP contribution in [0.3, 0.4) is 0 Å². The molecule has 0 fully saturated rings. The zero-order valence-electron chi connectivity index (χ0n) is 10.5. The topological polar surface area (TPSA) is 104 Å². The molecule has 0 saturated heterocycles. The van der Waals surface area contributed by atoms with Gasteiger partial charge in [-0.2, -0.15) is 0 Å². The van der Waals surface area contributed by atoms with Crippen molar-refractivity contribution >= 4 is 32.9 Å². The van der Waals surface area contributed by atoms with E-state index in [4.69, 9.17) is 8.83 Å². The van der Waals surface area contributed by atoms with E-state index in [9.17, 15) is 20.1 Å². The number of aromatic hydroxyl groups is 3. The van der Waals surface area contributed by atoms with Gasteiger partial charge < -0.3 is 24.2 Å². The molecule has 0 unspecified atom stereocenters. The van der Waals surface area contributed by atoms with Crippen molar-refractivity contribution in [2.24, 2.45) is 0 Å². The molecule has 0 aliphatic heterocycles. The van der Waals surface area contributed by atoms with Gasteiger partial charge in [0, 0.05) is 11.5 Å². The van der Waals surface area contributed by atoms with E-state index < -0.39 is 17.1 Å². The summed E-state index contributed by atoms with van der Waals surface area (Å²) in [5.41, 5.74) is -0.270. The average Bonchev–Trinajstić information content (AvgIpc) is 2.82. The van der Waals surface area contributed by atoms with E-state index in [-0.39, 0.29) is 22.3 Å². The van der Waals surface area contributed by atoms with Crippen LogP contribution in [0.15, 0.2) is 44.0 Å². The van der Waals surface area contributed by atoms with E-state index in [1.54, 1.807) is 6.07 Å². The van der Waals surface area contributed by atoms with Gasteiger partial charge >= 0.3 is 5.63 Å². The summed E-state index contributed by atoms with van der Waals surface area (Å²) in [6, 6.07) is 7.15. The van der Waals surface area contributed by atoms with E-state index in [1.165, 1.54) is 24.3 Å². The summed E-state index contributed by atoms with van der Waals surface area (Å²) >= 11 is 0. The van der Waals surface area contributed by atoms with Crippen molar-refractivity contribution in [2.75, 3.05) is 0 Å². The standard InChI is InChI=1S/C15H8O6/c16-6-1-2-7-10(5-6)20-13-8-3-4-9(17)12(18)14(8)21-15(19)11(7)13/h1-5,16-18H. The fourth-order valence-electron chi connectivity index (χ4n) is 2.46. The number of furan rings is 1. The van der Waals surface area contributed by atoms with Crippen LogP contribution in [0.5, 0.6) is 17.2 Å².